The molecule has 0 amide bonds. The fraction of sp³-hybridized carbons (Fsp3) is 0.333. The summed E-state index contributed by atoms with van der Waals surface area (Å²) >= 11 is 6.00. The van der Waals surface area contributed by atoms with Crippen LogP contribution >= 0.6 is 11.6 Å². The molecule has 0 fully saturated rings. The molecule has 1 N–H and O–H groups in total. The molecule has 2 aromatic rings. The van der Waals surface area contributed by atoms with Crippen molar-refractivity contribution in [2.24, 2.45) is 5.92 Å². The van der Waals surface area contributed by atoms with Gasteiger partial charge in [-0.3, -0.25) is 0 Å². The topological polar surface area (TPSA) is 21.3 Å². The van der Waals surface area contributed by atoms with Crippen LogP contribution in [0.4, 0.5) is 4.39 Å². The van der Waals surface area contributed by atoms with Gasteiger partial charge in [0, 0.05) is 12.1 Å². The Morgan fingerprint density at radius 2 is 2.00 bits per heavy atom. The van der Waals surface area contributed by atoms with E-state index in [4.69, 9.17) is 16.3 Å². The Bertz CT molecular complexity index is 616. The first-order chi connectivity index (χ1) is 10.5. The summed E-state index contributed by atoms with van der Waals surface area (Å²) in [5.41, 5.74) is 1.94. The molecule has 0 spiro atoms. The average molecular weight is 322 g/mol. The fourth-order valence-corrected chi connectivity index (χ4v) is 2.27. The first kappa shape index (κ1) is 16.8. The highest BCUT2D eigenvalue weighted by Gasteiger charge is 2.04. The lowest BCUT2D eigenvalue weighted by atomic mass is 10.2. The van der Waals surface area contributed by atoms with E-state index in [0.717, 1.165) is 24.4 Å². The monoisotopic (exact) mass is 321 g/mol. The van der Waals surface area contributed by atoms with Crippen molar-refractivity contribution in [3.05, 3.63) is 64.4 Å². The van der Waals surface area contributed by atoms with E-state index in [1.807, 2.05) is 18.2 Å². The van der Waals surface area contributed by atoms with E-state index in [1.165, 1.54) is 17.7 Å². The van der Waals surface area contributed by atoms with Gasteiger partial charge < -0.3 is 10.1 Å². The molecule has 4 heteroatoms. The summed E-state index contributed by atoms with van der Waals surface area (Å²) in [6.07, 6.45) is 0. The average Bonchev–Trinajstić information content (AvgIpc) is 2.46. The van der Waals surface area contributed by atoms with E-state index in [1.54, 1.807) is 6.07 Å². The molecule has 0 aliphatic carbocycles. The number of hydrogen-bond acceptors (Lipinski definition) is 2. The zero-order valence-corrected chi connectivity index (χ0v) is 13.7. The summed E-state index contributed by atoms with van der Waals surface area (Å²) in [6.45, 7) is 6.48. The van der Waals surface area contributed by atoms with E-state index < -0.39 is 0 Å². The lowest BCUT2D eigenvalue weighted by Crippen LogP contribution is -2.18. The van der Waals surface area contributed by atoms with Gasteiger partial charge in [-0.1, -0.05) is 43.6 Å². The molecule has 0 aliphatic rings. The first-order valence-electron chi connectivity index (χ1n) is 7.41. The van der Waals surface area contributed by atoms with Crippen LogP contribution in [0, 0.1) is 11.7 Å². The highest BCUT2D eigenvalue weighted by atomic mass is 35.5. The highest BCUT2D eigenvalue weighted by molar-refractivity contribution is 6.31. The van der Waals surface area contributed by atoms with Crippen molar-refractivity contribution >= 4 is 11.6 Å². The summed E-state index contributed by atoms with van der Waals surface area (Å²) in [6, 6.07) is 12.3. The van der Waals surface area contributed by atoms with Crippen LogP contribution in [0.15, 0.2) is 42.5 Å². The van der Waals surface area contributed by atoms with E-state index in [2.05, 4.69) is 25.2 Å². The summed E-state index contributed by atoms with van der Waals surface area (Å²) in [4.78, 5) is 0. The molecule has 0 saturated heterocycles. The van der Waals surface area contributed by atoms with Crippen LogP contribution in [-0.2, 0) is 13.2 Å². The minimum absolute atomic E-state index is 0.321. The van der Waals surface area contributed by atoms with Crippen molar-refractivity contribution in [3.63, 3.8) is 0 Å². The van der Waals surface area contributed by atoms with E-state index in [-0.39, 0.29) is 5.82 Å². The third-order valence-electron chi connectivity index (χ3n) is 3.19. The van der Waals surface area contributed by atoms with Gasteiger partial charge in [-0.05, 0) is 42.3 Å². The molecule has 0 saturated carbocycles. The minimum atomic E-state index is -0.341. The molecule has 0 heterocycles. The molecule has 0 aromatic heterocycles. The summed E-state index contributed by atoms with van der Waals surface area (Å²) < 4.78 is 18.8. The standard InChI is InChI=1S/C18H21ClFNO/c1-13(2)10-21-11-14-4-3-5-17(8-14)22-12-15-6-7-16(20)9-18(15)19/h3-9,13,21H,10-12H2,1-2H3. The number of benzene rings is 2. The number of halogens is 2. The van der Waals surface area contributed by atoms with Gasteiger partial charge >= 0.3 is 0 Å². The smallest absolute Gasteiger partial charge is 0.124 e. The summed E-state index contributed by atoms with van der Waals surface area (Å²) in [5, 5.41) is 3.78. The van der Waals surface area contributed by atoms with Crippen molar-refractivity contribution < 1.29 is 9.13 Å². The van der Waals surface area contributed by atoms with Gasteiger partial charge in [0.2, 0.25) is 0 Å². The number of nitrogens with one attached hydrogen (secondary N) is 1. The molecule has 0 atom stereocenters. The molecule has 0 radical (unpaired) electrons. The lowest BCUT2D eigenvalue weighted by Gasteiger charge is -2.11. The van der Waals surface area contributed by atoms with Crippen LogP contribution in [0.1, 0.15) is 25.0 Å². The van der Waals surface area contributed by atoms with Gasteiger partial charge in [0.15, 0.2) is 0 Å². The zero-order valence-electron chi connectivity index (χ0n) is 12.9. The Kier molecular flexibility index (Phi) is 6.22. The second-order valence-corrected chi connectivity index (χ2v) is 6.10. The van der Waals surface area contributed by atoms with Crippen LogP contribution in [0.5, 0.6) is 5.75 Å². The van der Waals surface area contributed by atoms with Gasteiger partial charge in [0.05, 0.1) is 5.02 Å². The van der Waals surface area contributed by atoms with E-state index in [9.17, 15) is 4.39 Å². The molecule has 2 aromatic carbocycles. The van der Waals surface area contributed by atoms with Gasteiger partial charge in [-0.25, -0.2) is 4.39 Å². The van der Waals surface area contributed by atoms with Gasteiger partial charge in [0.25, 0.3) is 0 Å². The Hall–Kier alpha value is -1.58. The summed E-state index contributed by atoms with van der Waals surface area (Å²) in [5.74, 6) is 1.07. The minimum Gasteiger partial charge on any atom is -0.489 e. The Morgan fingerprint density at radius 1 is 1.18 bits per heavy atom. The lowest BCUT2D eigenvalue weighted by molar-refractivity contribution is 0.305. The zero-order chi connectivity index (χ0) is 15.9. The molecular formula is C18H21ClFNO. The third-order valence-corrected chi connectivity index (χ3v) is 3.54. The normalized spacial score (nSPS) is 11.0. The van der Waals surface area contributed by atoms with Crippen LogP contribution in [0.3, 0.4) is 0 Å². The molecule has 2 nitrogen and oxygen atoms in total. The van der Waals surface area contributed by atoms with Crippen molar-refractivity contribution in [2.45, 2.75) is 27.0 Å². The second-order valence-electron chi connectivity index (χ2n) is 5.70. The summed E-state index contributed by atoms with van der Waals surface area (Å²) in [7, 11) is 0. The van der Waals surface area contributed by atoms with Crippen LogP contribution < -0.4 is 10.1 Å². The van der Waals surface area contributed by atoms with Gasteiger partial charge in [-0.15, -0.1) is 0 Å². The number of ether oxygens (including phenoxy) is 1. The van der Waals surface area contributed by atoms with Crippen molar-refractivity contribution in [2.75, 3.05) is 6.54 Å². The number of hydrogen-bond donors (Lipinski definition) is 1. The Labute approximate surface area is 136 Å². The van der Waals surface area contributed by atoms with E-state index >= 15 is 0 Å². The number of rotatable bonds is 7. The highest BCUT2D eigenvalue weighted by Crippen LogP contribution is 2.20. The fourth-order valence-electron chi connectivity index (χ4n) is 2.05. The van der Waals surface area contributed by atoms with Gasteiger partial charge in [-0.2, -0.15) is 0 Å². The quantitative estimate of drug-likeness (QED) is 0.790. The molecule has 0 unspecified atom stereocenters. The van der Waals surface area contributed by atoms with Crippen molar-refractivity contribution in [1.82, 2.24) is 5.32 Å². The molecule has 22 heavy (non-hydrogen) atoms. The molecular weight excluding hydrogens is 301 g/mol. The predicted molar refractivity (Wildman–Crippen MR) is 88.7 cm³/mol. The third kappa shape index (κ3) is 5.32. The SMILES string of the molecule is CC(C)CNCc1cccc(OCc2ccc(F)cc2Cl)c1. The van der Waals surface area contributed by atoms with E-state index in [0.29, 0.717) is 17.5 Å². The molecule has 0 bridgehead atoms. The van der Waals surface area contributed by atoms with Crippen molar-refractivity contribution in [3.8, 4) is 5.75 Å². The maximum atomic E-state index is 13.0. The first-order valence-corrected chi connectivity index (χ1v) is 7.79. The Balaban J connectivity index is 1.92. The van der Waals surface area contributed by atoms with Crippen molar-refractivity contribution in [1.29, 1.82) is 0 Å². The maximum absolute atomic E-state index is 13.0. The van der Waals surface area contributed by atoms with Gasteiger partial charge in [0.1, 0.15) is 18.2 Å². The van der Waals surface area contributed by atoms with Crippen LogP contribution in [-0.4, -0.2) is 6.54 Å². The molecule has 2 rings (SSSR count). The molecule has 0 aliphatic heterocycles. The second kappa shape index (κ2) is 8.16. The Morgan fingerprint density at radius 3 is 2.73 bits per heavy atom. The predicted octanol–water partition coefficient (Wildman–Crippen LogP) is 4.80. The largest absolute Gasteiger partial charge is 0.489 e. The van der Waals surface area contributed by atoms with Crippen LogP contribution in [0.2, 0.25) is 5.02 Å². The molecule has 118 valence electrons. The maximum Gasteiger partial charge on any atom is 0.124 e. The van der Waals surface area contributed by atoms with Crippen LogP contribution in [0.25, 0.3) is 0 Å².